The number of rotatable bonds is 4. The number of ketones is 1. The average Bonchev–Trinajstić information content (AvgIpc) is 3.03. The van der Waals surface area contributed by atoms with Gasteiger partial charge in [-0.1, -0.05) is 58.4 Å². The maximum Gasteiger partial charge on any atom is 0.185 e. The molecule has 0 saturated carbocycles. The Bertz CT molecular complexity index is 799. The predicted molar refractivity (Wildman–Crippen MR) is 91.7 cm³/mol. The largest absolute Gasteiger partial charge is 0.457 e. The lowest BCUT2D eigenvalue weighted by Crippen LogP contribution is -1.92. The molecule has 0 saturated heterocycles. The molecule has 0 spiro atoms. The molecule has 0 unspecified atom stereocenters. The standard InChI is InChI=1S/C19H13BrO2/c20-16-8-6-15(7-9-16)19-13-11-17(22-19)10-12-18(21)14-4-2-1-3-5-14/h1-13H/b12-10-. The van der Waals surface area contributed by atoms with E-state index in [2.05, 4.69) is 15.9 Å². The van der Waals surface area contributed by atoms with Crippen LogP contribution in [-0.2, 0) is 0 Å². The van der Waals surface area contributed by atoms with Crippen LogP contribution in [0.25, 0.3) is 17.4 Å². The smallest absolute Gasteiger partial charge is 0.185 e. The molecule has 0 aliphatic carbocycles. The molecule has 1 heterocycles. The van der Waals surface area contributed by atoms with Gasteiger partial charge in [0.2, 0.25) is 0 Å². The Hall–Kier alpha value is -2.39. The third-order valence-corrected chi connectivity index (χ3v) is 3.74. The van der Waals surface area contributed by atoms with E-state index in [1.54, 1.807) is 18.2 Å². The van der Waals surface area contributed by atoms with Crippen LogP contribution in [-0.4, -0.2) is 5.78 Å². The van der Waals surface area contributed by atoms with Gasteiger partial charge in [-0.3, -0.25) is 4.79 Å². The van der Waals surface area contributed by atoms with Gasteiger partial charge in [0.05, 0.1) is 0 Å². The summed E-state index contributed by atoms with van der Waals surface area (Å²) in [4.78, 5) is 12.0. The van der Waals surface area contributed by atoms with Gasteiger partial charge in [-0.05, 0) is 36.4 Å². The lowest BCUT2D eigenvalue weighted by atomic mass is 10.1. The monoisotopic (exact) mass is 352 g/mol. The molecule has 0 fully saturated rings. The number of benzene rings is 2. The first-order valence-electron chi connectivity index (χ1n) is 6.85. The first-order chi connectivity index (χ1) is 10.7. The molecule has 0 N–H and O–H groups in total. The number of carbonyl (C=O) groups is 1. The summed E-state index contributed by atoms with van der Waals surface area (Å²) in [6.45, 7) is 0. The summed E-state index contributed by atoms with van der Waals surface area (Å²) < 4.78 is 6.77. The molecule has 0 radical (unpaired) electrons. The summed E-state index contributed by atoms with van der Waals surface area (Å²) in [5, 5.41) is 0. The Kier molecular flexibility index (Phi) is 4.35. The van der Waals surface area contributed by atoms with E-state index in [0.717, 1.165) is 15.8 Å². The van der Waals surface area contributed by atoms with E-state index in [-0.39, 0.29) is 5.78 Å². The zero-order valence-electron chi connectivity index (χ0n) is 11.7. The van der Waals surface area contributed by atoms with Crippen LogP contribution in [0.2, 0.25) is 0 Å². The minimum absolute atomic E-state index is 0.0396. The van der Waals surface area contributed by atoms with Gasteiger partial charge in [0.15, 0.2) is 5.78 Å². The maximum absolute atomic E-state index is 12.0. The Morgan fingerprint density at radius 2 is 1.64 bits per heavy atom. The normalized spacial score (nSPS) is 11.0. The third kappa shape index (κ3) is 3.43. The fourth-order valence-electron chi connectivity index (χ4n) is 2.07. The van der Waals surface area contributed by atoms with Crippen molar-refractivity contribution in [3.63, 3.8) is 0 Å². The average molecular weight is 353 g/mol. The van der Waals surface area contributed by atoms with Gasteiger partial charge in [0, 0.05) is 15.6 Å². The molecule has 0 amide bonds. The number of halogens is 1. The lowest BCUT2D eigenvalue weighted by molar-refractivity contribution is 0.104. The van der Waals surface area contributed by atoms with Crippen molar-refractivity contribution in [2.24, 2.45) is 0 Å². The Labute approximate surface area is 137 Å². The zero-order valence-corrected chi connectivity index (χ0v) is 13.3. The van der Waals surface area contributed by atoms with Gasteiger partial charge in [-0.2, -0.15) is 0 Å². The molecular weight excluding hydrogens is 340 g/mol. The highest BCUT2D eigenvalue weighted by Crippen LogP contribution is 2.24. The van der Waals surface area contributed by atoms with Crippen LogP contribution in [0.3, 0.4) is 0 Å². The van der Waals surface area contributed by atoms with Crippen molar-refractivity contribution in [2.75, 3.05) is 0 Å². The number of hydrogen-bond acceptors (Lipinski definition) is 2. The molecular formula is C19H13BrO2. The second-order valence-corrected chi connectivity index (χ2v) is 5.69. The topological polar surface area (TPSA) is 30.2 Å². The highest BCUT2D eigenvalue weighted by molar-refractivity contribution is 9.10. The molecule has 3 heteroatoms. The van der Waals surface area contributed by atoms with Gasteiger partial charge >= 0.3 is 0 Å². The van der Waals surface area contributed by atoms with Crippen molar-refractivity contribution in [1.82, 2.24) is 0 Å². The summed E-state index contributed by atoms with van der Waals surface area (Å²) in [6.07, 6.45) is 3.22. The minimum atomic E-state index is -0.0396. The van der Waals surface area contributed by atoms with Gasteiger partial charge in [0.25, 0.3) is 0 Å². The summed E-state index contributed by atoms with van der Waals surface area (Å²) in [5.74, 6) is 1.39. The Morgan fingerprint density at radius 1 is 0.909 bits per heavy atom. The van der Waals surface area contributed by atoms with Gasteiger partial charge < -0.3 is 4.42 Å². The zero-order chi connectivity index (χ0) is 15.4. The molecule has 0 bridgehead atoms. The van der Waals surface area contributed by atoms with Crippen LogP contribution in [0.4, 0.5) is 0 Å². The van der Waals surface area contributed by atoms with E-state index < -0.39 is 0 Å². The van der Waals surface area contributed by atoms with Crippen LogP contribution in [0, 0.1) is 0 Å². The van der Waals surface area contributed by atoms with Crippen molar-refractivity contribution in [1.29, 1.82) is 0 Å². The molecule has 0 aliphatic heterocycles. The van der Waals surface area contributed by atoms with Crippen molar-refractivity contribution in [2.45, 2.75) is 0 Å². The van der Waals surface area contributed by atoms with Gasteiger partial charge in [-0.15, -0.1) is 0 Å². The van der Waals surface area contributed by atoms with Crippen LogP contribution >= 0.6 is 15.9 Å². The fraction of sp³-hybridized carbons (Fsp3) is 0. The minimum Gasteiger partial charge on any atom is -0.457 e. The molecule has 3 rings (SSSR count). The predicted octanol–water partition coefficient (Wildman–Crippen LogP) is 5.61. The number of allylic oxidation sites excluding steroid dienone is 1. The fourth-order valence-corrected chi connectivity index (χ4v) is 2.33. The van der Waals surface area contributed by atoms with Crippen molar-refractivity contribution < 1.29 is 9.21 Å². The van der Waals surface area contributed by atoms with Gasteiger partial charge in [-0.25, -0.2) is 0 Å². The number of carbonyl (C=O) groups excluding carboxylic acids is 1. The van der Waals surface area contributed by atoms with E-state index in [0.29, 0.717) is 11.3 Å². The van der Waals surface area contributed by atoms with E-state index in [1.807, 2.05) is 54.6 Å². The molecule has 2 nitrogen and oxygen atoms in total. The summed E-state index contributed by atoms with van der Waals surface area (Å²) in [6, 6.07) is 20.8. The van der Waals surface area contributed by atoms with E-state index in [1.165, 1.54) is 6.08 Å². The number of furan rings is 1. The molecule has 22 heavy (non-hydrogen) atoms. The molecule has 0 aliphatic rings. The van der Waals surface area contributed by atoms with Gasteiger partial charge in [0.1, 0.15) is 11.5 Å². The Morgan fingerprint density at radius 3 is 2.36 bits per heavy atom. The SMILES string of the molecule is O=C(/C=C\c1ccc(-c2ccc(Br)cc2)o1)c1ccccc1. The van der Waals surface area contributed by atoms with Crippen LogP contribution < -0.4 is 0 Å². The molecule has 108 valence electrons. The van der Waals surface area contributed by atoms with E-state index in [4.69, 9.17) is 4.42 Å². The maximum atomic E-state index is 12.0. The summed E-state index contributed by atoms with van der Waals surface area (Å²) in [5.41, 5.74) is 1.66. The molecule has 0 atom stereocenters. The molecule has 3 aromatic rings. The van der Waals surface area contributed by atoms with E-state index >= 15 is 0 Å². The summed E-state index contributed by atoms with van der Waals surface area (Å²) >= 11 is 3.41. The van der Waals surface area contributed by atoms with Crippen molar-refractivity contribution >= 4 is 27.8 Å². The lowest BCUT2D eigenvalue weighted by Gasteiger charge is -1.96. The second-order valence-electron chi connectivity index (χ2n) is 4.77. The van der Waals surface area contributed by atoms with Crippen molar-refractivity contribution in [3.05, 3.63) is 88.6 Å². The highest BCUT2D eigenvalue weighted by Gasteiger charge is 2.04. The van der Waals surface area contributed by atoms with Crippen molar-refractivity contribution in [3.8, 4) is 11.3 Å². The molecule has 2 aromatic carbocycles. The van der Waals surface area contributed by atoms with Crippen LogP contribution in [0.1, 0.15) is 16.1 Å². The second kappa shape index (κ2) is 6.58. The first-order valence-corrected chi connectivity index (χ1v) is 7.65. The Balaban J connectivity index is 1.75. The van der Waals surface area contributed by atoms with E-state index in [9.17, 15) is 4.79 Å². The summed E-state index contributed by atoms with van der Waals surface area (Å²) in [7, 11) is 0. The molecule has 1 aromatic heterocycles. The quantitative estimate of drug-likeness (QED) is 0.451. The van der Waals surface area contributed by atoms with Crippen LogP contribution in [0.5, 0.6) is 0 Å². The van der Waals surface area contributed by atoms with Crippen LogP contribution in [0.15, 0.2) is 81.7 Å². The number of hydrogen-bond donors (Lipinski definition) is 0. The first kappa shape index (κ1) is 14.5. The highest BCUT2D eigenvalue weighted by atomic mass is 79.9. The third-order valence-electron chi connectivity index (χ3n) is 3.21.